The molecule has 0 aliphatic carbocycles. The second kappa shape index (κ2) is 6.71. The lowest BCUT2D eigenvalue weighted by molar-refractivity contribution is 0.338. The van der Waals surface area contributed by atoms with Gasteiger partial charge < -0.3 is 4.74 Å². The van der Waals surface area contributed by atoms with Crippen LogP contribution >= 0.6 is 27.5 Å². The van der Waals surface area contributed by atoms with E-state index >= 15 is 0 Å². The molecular formula is C15H11BrClF3O. The van der Waals surface area contributed by atoms with E-state index in [0.717, 1.165) is 12.1 Å². The Bertz CT molecular complexity index is 640. The number of alkyl halides is 1. The van der Waals surface area contributed by atoms with Crippen molar-refractivity contribution in [3.63, 3.8) is 0 Å². The topological polar surface area (TPSA) is 9.23 Å². The minimum Gasteiger partial charge on any atom is -0.493 e. The molecule has 0 saturated heterocycles. The molecule has 2 rings (SSSR count). The number of benzene rings is 2. The number of halogens is 5. The Balaban J connectivity index is 2.36. The van der Waals surface area contributed by atoms with Crippen LogP contribution in [0.5, 0.6) is 5.75 Å². The fourth-order valence-electron chi connectivity index (χ4n) is 1.86. The lowest BCUT2D eigenvalue weighted by Gasteiger charge is -2.13. The van der Waals surface area contributed by atoms with E-state index in [-0.39, 0.29) is 5.56 Å². The standard InChI is InChI=1S/C15H11BrClF3O/c1-2-21-13-4-3-8(5-10(13)16)14(17)9-6-11(18)15(20)12(19)7-9/h3-7,14H,2H2,1H3. The highest BCUT2D eigenvalue weighted by atomic mass is 79.9. The quantitative estimate of drug-likeness (QED) is 0.497. The third-order valence-electron chi connectivity index (χ3n) is 2.85. The van der Waals surface area contributed by atoms with E-state index in [1.165, 1.54) is 0 Å². The van der Waals surface area contributed by atoms with Crippen LogP contribution in [0.15, 0.2) is 34.8 Å². The van der Waals surface area contributed by atoms with Gasteiger partial charge in [-0.15, -0.1) is 11.6 Å². The number of rotatable bonds is 4. The molecular weight excluding hydrogens is 369 g/mol. The first-order chi connectivity index (χ1) is 9.93. The van der Waals surface area contributed by atoms with Crippen molar-refractivity contribution in [1.82, 2.24) is 0 Å². The predicted octanol–water partition coefficient (Wildman–Crippen LogP) is 5.59. The zero-order valence-electron chi connectivity index (χ0n) is 11.0. The van der Waals surface area contributed by atoms with Crippen molar-refractivity contribution >= 4 is 27.5 Å². The molecule has 21 heavy (non-hydrogen) atoms. The van der Waals surface area contributed by atoms with Crippen molar-refractivity contribution in [1.29, 1.82) is 0 Å². The summed E-state index contributed by atoms with van der Waals surface area (Å²) >= 11 is 9.55. The molecule has 2 aromatic rings. The van der Waals surface area contributed by atoms with E-state index < -0.39 is 22.8 Å². The van der Waals surface area contributed by atoms with Crippen LogP contribution in [-0.2, 0) is 0 Å². The van der Waals surface area contributed by atoms with Crippen molar-refractivity contribution in [3.05, 3.63) is 63.4 Å². The Hall–Kier alpha value is -1.20. The van der Waals surface area contributed by atoms with Crippen LogP contribution < -0.4 is 4.74 Å². The Labute approximate surface area is 133 Å². The lowest BCUT2D eigenvalue weighted by atomic mass is 10.0. The zero-order valence-corrected chi connectivity index (χ0v) is 13.3. The van der Waals surface area contributed by atoms with Gasteiger partial charge in [-0.05, 0) is 58.2 Å². The molecule has 0 spiro atoms. The highest BCUT2D eigenvalue weighted by Crippen LogP contribution is 2.35. The smallest absolute Gasteiger partial charge is 0.194 e. The van der Waals surface area contributed by atoms with Gasteiger partial charge in [0, 0.05) is 0 Å². The summed E-state index contributed by atoms with van der Waals surface area (Å²) in [7, 11) is 0. The summed E-state index contributed by atoms with van der Waals surface area (Å²) in [5, 5.41) is -0.804. The Kier molecular flexibility index (Phi) is 5.17. The van der Waals surface area contributed by atoms with E-state index in [1.807, 2.05) is 6.92 Å². The molecule has 0 fully saturated rings. The maximum atomic E-state index is 13.3. The van der Waals surface area contributed by atoms with Crippen molar-refractivity contribution < 1.29 is 17.9 Å². The van der Waals surface area contributed by atoms with Crippen molar-refractivity contribution in [2.75, 3.05) is 6.61 Å². The van der Waals surface area contributed by atoms with Gasteiger partial charge in [-0.2, -0.15) is 0 Å². The van der Waals surface area contributed by atoms with Crippen LogP contribution in [0.1, 0.15) is 23.4 Å². The zero-order chi connectivity index (χ0) is 15.6. The van der Waals surface area contributed by atoms with Gasteiger partial charge in [-0.3, -0.25) is 0 Å². The van der Waals surface area contributed by atoms with Crippen LogP contribution in [0.25, 0.3) is 0 Å². The van der Waals surface area contributed by atoms with Crippen LogP contribution in [0.4, 0.5) is 13.2 Å². The third-order valence-corrected chi connectivity index (χ3v) is 3.97. The number of hydrogen-bond acceptors (Lipinski definition) is 1. The minimum absolute atomic E-state index is 0.143. The molecule has 0 aromatic heterocycles. The molecule has 1 atom stereocenters. The average molecular weight is 380 g/mol. The van der Waals surface area contributed by atoms with Crippen LogP contribution in [0, 0.1) is 17.5 Å². The summed E-state index contributed by atoms with van der Waals surface area (Å²) in [6.07, 6.45) is 0. The largest absolute Gasteiger partial charge is 0.493 e. The minimum atomic E-state index is -1.50. The second-order valence-corrected chi connectivity index (χ2v) is 5.57. The first-order valence-electron chi connectivity index (χ1n) is 6.14. The van der Waals surface area contributed by atoms with Gasteiger partial charge in [0.1, 0.15) is 5.75 Å². The molecule has 0 saturated carbocycles. The van der Waals surface area contributed by atoms with Gasteiger partial charge in [-0.1, -0.05) is 6.07 Å². The van der Waals surface area contributed by atoms with Gasteiger partial charge in [-0.25, -0.2) is 13.2 Å². The van der Waals surface area contributed by atoms with E-state index in [2.05, 4.69) is 15.9 Å². The van der Waals surface area contributed by atoms with Crippen LogP contribution in [0.2, 0.25) is 0 Å². The van der Waals surface area contributed by atoms with Crippen LogP contribution in [-0.4, -0.2) is 6.61 Å². The maximum Gasteiger partial charge on any atom is 0.194 e. The summed E-state index contributed by atoms with van der Waals surface area (Å²) in [4.78, 5) is 0. The third kappa shape index (κ3) is 3.52. The molecule has 0 aliphatic heterocycles. The first kappa shape index (κ1) is 16.2. The fraction of sp³-hybridized carbons (Fsp3) is 0.200. The SMILES string of the molecule is CCOc1ccc(C(Cl)c2cc(F)c(F)c(F)c2)cc1Br. The molecule has 0 heterocycles. The summed E-state index contributed by atoms with van der Waals surface area (Å²) in [6, 6.07) is 6.86. The van der Waals surface area contributed by atoms with Crippen molar-refractivity contribution in [2.24, 2.45) is 0 Å². The molecule has 0 radical (unpaired) electrons. The Morgan fingerprint density at radius 2 is 1.71 bits per heavy atom. The summed E-state index contributed by atoms with van der Waals surface area (Å²) in [6.45, 7) is 2.37. The normalized spacial score (nSPS) is 12.3. The highest BCUT2D eigenvalue weighted by Gasteiger charge is 2.18. The van der Waals surface area contributed by atoms with Gasteiger partial charge >= 0.3 is 0 Å². The van der Waals surface area contributed by atoms with Gasteiger partial charge in [0.2, 0.25) is 0 Å². The van der Waals surface area contributed by atoms with Gasteiger partial charge in [0.05, 0.1) is 16.5 Å². The Morgan fingerprint density at radius 3 is 2.24 bits per heavy atom. The van der Waals surface area contributed by atoms with Crippen LogP contribution in [0.3, 0.4) is 0 Å². The molecule has 112 valence electrons. The molecule has 1 nitrogen and oxygen atoms in total. The first-order valence-corrected chi connectivity index (χ1v) is 7.37. The fourth-order valence-corrected chi connectivity index (χ4v) is 2.63. The molecule has 1 unspecified atom stereocenters. The van der Waals surface area contributed by atoms with E-state index in [1.54, 1.807) is 18.2 Å². The summed E-state index contributed by atoms with van der Waals surface area (Å²) in [5.41, 5.74) is 0.751. The van der Waals surface area contributed by atoms with Gasteiger partial charge in [0.25, 0.3) is 0 Å². The predicted molar refractivity (Wildman–Crippen MR) is 79.3 cm³/mol. The lowest BCUT2D eigenvalue weighted by Crippen LogP contribution is -2.00. The summed E-state index contributed by atoms with van der Waals surface area (Å²) in [5.74, 6) is -3.39. The molecule has 0 N–H and O–H groups in total. The van der Waals surface area contributed by atoms with Crippen molar-refractivity contribution in [3.8, 4) is 5.75 Å². The van der Waals surface area contributed by atoms with E-state index in [9.17, 15) is 13.2 Å². The monoisotopic (exact) mass is 378 g/mol. The second-order valence-electron chi connectivity index (χ2n) is 4.28. The molecule has 6 heteroatoms. The number of hydrogen-bond donors (Lipinski definition) is 0. The summed E-state index contributed by atoms with van der Waals surface area (Å²) < 4.78 is 45.5. The molecule has 0 bridgehead atoms. The Morgan fingerprint density at radius 1 is 1.10 bits per heavy atom. The van der Waals surface area contributed by atoms with E-state index in [0.29, 0.717) is 22.4 Å². The average Bonchev–Trinajstić information content (AvgIpc) is 2.45. The van der Waals surface area contributed by atoms with Crippen molar-refractivity contribution in [2.45, 2.75) is 12.3 Å². The molecule has 0 aliphatic rings. The highest BCUT2D eigenvalue weighted by molar-refractivity contribution is 9.10. The maximum absolute atomic E-state index is 13.3. The van der Waals surface area contributed by atoms with E-state index in [4.69, 9.17) is 16.3 Å². The number of ether oxygens (including phenoxy) is 1. The van der Waals surface area contributed by atoms with Gasteiger partial charge in [0.15, 0.2) is 17.5 Å². The molecule has 2 aromatic carbocycles. The molecule has 0 amide bonds.